The second-order valence-electron chi connectivity index (χ2n) is 11.7. The third-order valence-electron chi connectivity index (χ3n) is 9.01. The van der Waals surface area contributed by atoms with E-state index >= 15 is 0 Å². The highest BCUT2D eigenvalue weighted by molar-refractivity contribution is 6.26. The van der Waals surface area contributed by atoms with Crippen LogP contribution in [0.1, 0.15) is 0 Å². The van der Waals surface area contributed by atoms with E-state index in [-0.39, 0.29) is 0 Å². The largest absolute Gasteiger partial charge is 0.456 e. The van der Waals surface area contributed by atoms with Crippen LogP contribution in [0.4, 0.5) is 0 Å². The lowest BCUT2D eigenvalue weighted by Crippen LogP contribution is -2.06. The van der Waals surface area contributed by atoms with Gasteiger partial charge in [-0.15, -0.1) is 0 Å². The Hall–Kier alpha value is -6.33. The first kappa shape index (κ1) is 25.0. The van der Waals surface area contributed by atoms with Crippen molar-refractivity contribution in [2.75, 3.05) is 0 Å². The summed E-state index contributed by atoms with van der Waals surface area (Å²) in [4.78, 5) is 15.5. The van der Waals surface area contributed by atoms with Gasteiger partial charge in [-0.1, -0.05) is 109 Å². The van der Waals surface area contributed by atoms with Crippen molar-refractivity contribution in [3.63, 3.8) is 0 Å². The molecule has 10 aromatic rings. The summed E-state index contributed by atoms with van der Waals surface area (Å²) in [5.41, 5.74) is 5.53. The van der Waals surface area contributed by atoms with Crippen LogP contribution in [0, 0.1) is 0 Å². The fraction of sp³-hybridized carbons (Fsp3) is 0. The van der Waals surface area contributed by atoms with Crippen molar-refractivity contribution in [1.29, 1.82) is 0 Å². The lowest BCUT2D eigenvalue weighted by atomic mass is 10.1. The molecule has 0 saturated carbocycles. The van der Waals surface area contributed by atoms with Crippen molar-refractivity contribution in [2.24, 2.45) is 0 Å². The normalized spacial score (nSPS) is 11.9. The fourth-order valence-corrected chi connectivity index (χ4v) is 6.88. The van der Waals surface area contributed by atoms with Gasteiger partial charge in [0, 0.05) is 21.9 Å². The van der Waals surface area contributed by atoms with Crippen LogP contribution in [0.2, 0.25) is 0 Å². The summed E-state index contributed by atoms with van der Waals surface area (Å²) in [6.45, 7) is 0. The topological polar surface area (TPSA) is 56.7 Å². The maximum absolute atomic E-state index is 6.57. The quantitative estimate of drug-likeness (QED) is 0.206. The Bertz CT molecular complexity index is 2730. The SMILES string of the molecule is c1ccc2cc(-c3nc(-c4ccc5ccccc5c4)nc(-n4c5cccc6oc7ccccc7c7cccc4c7c65)n3)ccc2c1. The minimum atomic E-state index is 0.560. The third kappa shape index (κ3) is 3.72. The van der Waals surface area contributed by atoms with Crippen LogP contribution in [0.25, 0.3) is 94.0 Å². The standard InChI is InChI=1S/C41H24N4O/c1-3-11-27-23-29(21-19-25(27)9-1)39-42-40(30-22-20-26-10-2-4-12-28(26)24-30)44-41(43-39)45-33-15-7-14-32-31-13-5-6-17-35(31)46-36-18-8-16-34(45)38(36)37(32)33/h1-24H. The third-order valence-corrected chi connectivity index (χ3v) is 9.01. The average molecular weight is 589 g/mol. The van der Waals surface area contributed by atoms with Gasteiger partial charge in [0.25, 0.3) is 0 Å². The molecule has 5 nitrogen and oxygen atoms in total. The molecule has 0 N–H and O–H groups in total. The molecule has 0 aliphatic heterocycles. The van der Waals surface area contributed by atoms with E-state index in [9.17, 15) is 0 Å². The lowest BCUT2D eigenvalue weighted by molar-refractivity contribution is 0.664. The van der Waals surface area contributed by atoms with Crippen LogP contribution in [0.3, 0.4) is 0 Å². The van der Waals surface area contributed by atoms with Crippen LogP contribution >= 0.6 is 0 Å². The van der Waals surface area contributed by atoms with Gasteiger partial charge in [0.2, 0.25) is 5.95 Å². The Morgan fingerprint density at radius 3 is 1.65 bits per heavy atom. The van der Waals surface area contributed by atoms with E-state index in [1.807, 2.05) is 24.3 Å². The predicted molar refractivity (Wildman–Crippen MR) is 187 cm³/mol. The summed E-state index contributed by atoms with van der Waals surface area (Å²) >= 11 is 0. The molecule has 46 heavy (non-hydrogen) atoms. The molecule has 0 aliphatic carbocycles. The van der Waals surface area contributed by atoms with Crippen molar-refractivity contribution in [3.05, 3.63) is 146 Å². The van der Waals surface area contributed by atoms with Crippen LogP contribution in [-0.2, 0) is 0 Å². The van der Waals surface area contributed by atoms with Crippen molar-refractivity contribution in [1.82, 2.24) is 19.5 Å². The first-order valence-corrected chi connectivity index (χ1v) is 15.4. The molecule has 0 aliphatic rings. The number of rotatable bonds is 3. The molecule has 3 heterocycles. The summed E-state index contributed by atoms with van der Waals surface area (Å²) in [5, 5.41) is 8.98. The van der Waals surface area contributed by atoms with Crippen molar-refractivity contribution >= 4 is 65.3 Å². The van der Waals surface area contributed by atoms with Gasteiger partial charge in [-0.2, -0.15) is 9.97 Å². The monoisotopic (exact) mass is 588 g/mol. The van der Waals surface area contributed by atoms with Crippen molar-refractivity contribution in [2.45, 2.75) is 0 Å². The molecule has 0 atom stereocenters. The minimum absolute atomic E-state index is 0.560. The molecule has 5 heteroatoms. The molecule has 0 amide bonds. The van der Waals surface area contributed by atoms with E-state index in [4.69, 9.17) is 19.4 Å². The van der Waals surface area contributed by atoms with E-state index < -0.39 is 0 Å². The van der Waals surface area contributed by atoms with E-state index in [0.717, 1.165) is 65.6 Å². The van der Waals surface area contributed by atoms with Gasteiger partial charge in [-0.3, -0.25) is 4.57 Å². The molecule has 0 bridgehead atoms. The van der Waals surface area contributed by atoms with Crippen LogP contribution in [-0.4, -0.2) is 19.5 Å². The van der Waals surface area contributed by atoms with Gasteiger partial charge in [0.15, 0.2) is 11.6 Å². The highest BCUT2D eigenvalue weighted by Gasteiger charge is 2.21. The predicted octanol–water partition coefficient (Wildman–Crippen LogP) is 10.5. The Kier molecular flexibility index (Phi) is 5.22. The number of nitrogens with zero attached hydrogens (tertiary/aromatic N) is 4. The summed E-state index contributed by atoms with van der Waals surface area (Å²) in [6.07, 6.45) is 0. The maximum atomic E-state index is 6.57. The van der Waals surface area contributed by atoms with Gasteiger partial charge in [0.1, 0.15) is 11.2 Å². The second kappa shape index (κ2) is 9.58. The molecule has 3 aromatic heterocycles. The molecule has 214 valence electrons. The molecular weight excluding hydrogens is 564 g/mol. The number of hydrogen-bond donors (Lipinski definition) is 0. The molecule has 0 unspecified atom stereocenters. The number of benzene rings is 7. The first-order chi connectivity index (χ1) is 22.8. The van der Waals surface area contributed by atoms with E-state index in [1.165, 1.54) is 10.8 Å². The Balaban J connectivity index is 1.31. The van der Waals surface area contributed by atoms with Crippen LogP contribution in [0.5, 0.6) is 0 Å². The van der Waals surface area contributed by atoms with Gasteiger partial charge < -0.3 is 4.42 Å². The van der Waals surface area contributed by atoms with E-state index in [1.54, 1.807) is 0 Å². The smallest absolute Gasteiger partial charge is 0.238 e. The van der Waals surface area contributed by atoms with Gasteiger partial charge in [-0.05, 0) is 63.3 Å². The zero-order valence-corrected chi connectivity index (χ0v) is 24.6. The molecular formula is C41H24N4O. The maximum Gasteiger partial charge on any atom is 0.238 e. The highest BCUT2D eigenvalue weighted by Crippen LogP contribution is 2.40. The zero-order chi connectivity index (χ0) is 30.2. The second-order valence-corrected chi connectivity index (χ2v) is 11.7. The summed E-state index contributed by atoms with van der Waals surface area (Å²) < 4.78 is 8.73. The summed E-state index contributed by atoms with van der Waals surface area (Å²) in [6, 6.07) is 50.3. The van der Waals surface area contributed by atoms with E-state index in [0.29, 0.717) is 17.6 Å². The zero-order valence-electron chi connectivity index (χ0n) is 24.6. The first-order valence-electron chi connectivity index (χ1n) is 15.4. The van der Waals surface area contributed by atoms with Crippen molar-refractivity contribution < 1.29 is 4.42 Å². The van der Waals surface area contributed by atoms with E-state index in [2.05, 4.69) is 126 Å². The Morgan fingerprint density at radius 1 is 0.413 bits per heavy atom. The summed E-state index contributed by atoms with van der Waals surface area (Å²) in [7, 11) is 0. The van der Waals surface area contributed by atoms with Crippen LogP contribution < -0.4 is 0 Å². The minimum Gasteiger partial charge on any atom is -0.456 e. The molecule has 10 rings (SSSR count). The van der Waals surface area contributed by atoms with Gasteiger partial charge >= 0.3 is 0 Å². The number of hydrogen-bond acceptors (Lipinski definition) is 4. The molecule has 0 spiro atoms. The number of para-hydroxylation sites is 1. The number of aromatic nitrogens is 4. The van der Waals surface area contributed by atoms with Crippen LogP contribution in [0.15, 0.2) is 150 Å². The molecule has 0 saturated heterocycles. The molecule has 7 aromatic carbocycles. The van der Waals surface area contributed by atoms with Gasteiger partial charge in [0.05, 0.1) is 16.4 Å². The van der Waals surface area contributed by atoms with Gasteiger partial charge in [-0.25, -0.2) is 4.98 Å². The fourth-order valence-electron chi connectivity index (χ4n) is 6.88. The summed E-state index contributed by atoms with van der Waals surface area (Å²) in [5.74, 6) is 1.80. The lowest BCUT2D eigenvalue weighted by Gasteiger charge is -2.12. The number of fused-ring (bicyclic) bond motifs is 4. The Morgan fingerprint density at radius 2 is 0.957 bits per heavy atom. The average Bonchev–Trinajstić information content (AvgIpc) is 3.38. The highest BCUT2D eigenvalue weighted by atomic mass is 16.3. The Labute approximate surface area is 263 Å². The molecule has 0 radical (unpaired) electrons. The van der Waals surface area contributed by atoms with Crippen molar-refractivity contribution in [3.8, 4) is 28.7 Å². The molecule has 0 fully saturated rings.